The SMILES string of the molecule is CCC(C)(CCO)N1CCCC1. The van der Waals surface area contributed by atoms with Gasteiger partial charge in [0.25, 0.3) is 0 Å². The van der Waals surface area contributed by atoms with Crippen LogP contribution in [0.15, 0.2) is 0 Å². The second kappa shape index (κ2) is 4.24. The van der Waals surface area contributed by atoms with E-state index in [1.54, 1.807) is 0 Å². The zero-order valence-corrected chi connectivity index (χ0v) is 8.34. The quantitative estimate of drug-likeness (QED) is 0.695. The molecule has 12 heavy (non-hydrogen) atoms. The molecule has 1 atom stereocenters. The molecule has 0 aliphatic carbocycles. The Kier molecular flexibility index (Phi) is 3.53. The van der Waals surface area contributed by atoms with Crippen molar-refractivity contribution in [2.75, 3.05) is 19.7 Å². The summed E-state index contributed by atoms with van der Waals surface area (Å²) in [6.45, 7) is 7.26. The Labute approximate surface area is 75.6 Å². The van der Waals surface area contributed by atoms with Gasteiger partial charge in [-0.2, -0.15) is 0 Å². The van der Waals surface area contributed by atoms with Crippen molar-refractivity contribution in [3.63, 3.8) is 0 Å². The Balaban J connectivity index is 2.51. The highest BCUT2D eigenvalue weighted by molar-refractivity contribution is 4.87. The third-order valence-corrected chi connectivity index (χ3v) is 3.28. The average molecular weight is 171 g/mol. The molecule has 0 bridgehead atoms. The molecule has 0 aromatic carbocycles. The van der Waals surface area contributed by atoms with Crippen LogP contribution in [0.5, 0.6) is 0 Å². The summed E-state index contributed by atoms with van der Waals surface area (Å²) in [5, 5.41) is 8.97. The maximum absolute atomic E-state index is 8.97. The van der Waals surface area contributed by atoms with Gasteiger partial charge in [0.2, 0.25) is 0 Å². The van der Waals surface area contributed by atoms with Crippen LogP contribution >= 0.6 is 0 Å². The summed E-state index contributed by atoms with van der Waals surface area (Å²) < 4.78 is 0. The second-order valence-electron chi connectivity index (χ2n) is 4.02. The van der Waals surface area contributed by atoms with Gasteiger partial charge in [-0.1, -0.05) is 6.92 Å². The van der Waals surface area contributed by atoms with Crippen LogP contribution in [0.2, 0.25) is 0 Å². The van der Waals surface area contributed by atoms with Gasteiger partial charge in [-0.3, -0.25) is 4.90 Å². The Hall–Kier alpha value is -0.0800. The standard InChI is InChI=1S/C10H21NO/c1-3-10(2,6-9-12)11-7-4-5-8-11/h12H,3-9H2,1-2H3. The normalized spacial score (nSPS) is 24.2. The number of aliphatic hydroxyl groups is 1. The molecule has 0 aromatic rings. The summed E-state index contributed by atoms with van der Waals surface area (Å²) in [5.74, 6) is 0. The number of likely N-dealkylation sites (tertiary alicyclic amines) is 1. The molecule has 1 heterocycles. The fraction of sp³-hybridized carbons (Fsp3) is 1.00. The molecule has 2 heteroatoms. The summed E-state index contributed by atoms with van der Waals surface area (Å²) in [6.07, 6.45) is 4.74. The Bertz CT molecular complexity index is 132. The molecule has 1 fully saturated rings. The molecule has 2 nitrogen and oxygen atoms in total. The van der Waals surface area contributed by atoms with Gasteiger partial charge in [0.15, 0.2) is 0 Å². The van der Waals surface area contributed by atoms with Crippen LogP contribution in [0.3, 0.4) is 0 Å². The molecular formula is C10H21NO. The van der Waals surface area contributed by atoms with Crippen molar-refractivity contribution in [2.24, 2.45) is 0 Å². The fourth-order valence-corrected chi connectivity index (χ4v) is 2.06. The molecule has 1 rings (SSSR count). The molecule has 1 aliphatic heterocycles. The molecular weight excluding hydrogens is 150 g/mol. The van der Waals surface area contributed by atoms with E-state index in [9.17, 15) is 0 Å². The zero-order chi connectivity index (χ0) is 9.03. The summed E-state index contributed by atoms with van der Waals surface area (Å²) in [5.41, 5.74) is 0.255. The highest BCUT2D eigenvalue weighted by atomic mass is 16.3. The maximum atomic E-state index is 8.97. The minimum absolute atomic E-state index is 0.255. The van der Waals surface area contributed by atoms with Gasteiger partial charge in [0.1, 0.15) is 0 Å². The Morgan fingerprint density at radius 3 is 2.33 bits per heavy atom. The van der Waals surface area contributed by atoms with Crippen LogP contribution in [0.4, 0.5) is 0 Å². The van der Waals surface area contributed by atoms with E-state index in [4.69, 9.17) is 5.11 Å². The molecule has 1 saturated heterocycles. The van der Waals surface area contributed by atoms with Crippen LogP contribution in [0.1, 0.15) is 39.5 Å². The van der Waals surface area contributed by atoms with Crippen molar-refractivity contribution in [1.29, 1.82) is 0 Å². The fourth-order valence-electron chi connectivity index (χ4n) is 2.06. The molecule has 0 spiro atoms. The minimum Gasteiger partial charge on any atom is -0.396 e. The van der Waals surface area contributed by atoms with Gasteiger partial charge in [-0.15, -0.1) is 0 Å². The van der Waals surface area contributed by atoms with Gasteiger partial charge < -0.3 is 5.11 Å². The molecule has 1 N–H and O–H groups in total. The predicted molar refractivity (Wildman–Crippen MR) is 51.2 cm³/mol. The van der Waals surface area contributed by atoms with Gasteiger partial charge in [0.05, 0.1) is 0 Å². The lowest BCUT2D eigenvalue weighted by Gasteiger charge is -2.37. The molecule has 1 aliphatic rings. The second-order valence-corrected chi connectivity index (χ2v) is 4.02. The van der Waals surface area contributed by atoms with E-state index >= 15 is 0 Å². The van der Waals surface area contributed by atoms with E-state index in [1.807, 2.05) is 0 Å². The van der Waals surface area contributed by atoms with Crippen molar-refractivity contribution >= 4 is 0 Å². The number of nitrogens with zero attached hydrogens (tertiary/aromatic N) is 1. The van der Waals surface area contributed by atoms with E-state index in [1.165, 1.54) is 25.9 Å². The van der Waals surface area contributed by atoms with E-state index in [-0.39, 0.29) is 5.54 Å². The topological polar surface area (TPSA) is 23.5 Å². The minimum atomic E-state index is 0.255. The molecule has 0 radical (unpaired) electrons. The molecule has 1 unspecified atom stereocenters. The molecule has 0 amide bonds. The Morgan fingerprint density at radius 1 is 1.33 bits per heavy atom. The Morgan fingerprint density at radius 2 is 1.92 bits per heavy atom. The first-order chi connectivity index (χ1) is 5.73. The van der Waals surface area contributed by atoms with E-state index < -0.39 is 0 Å². The van der Waals surface area contributed by atoms with E-state index in [0.717, 1.165) is 12.8 Å². The van der Waals surface area contributed by atoms with Crippen molar-refractivity contribution in [2.45, 2.75) is 45.1 Å². The summed E-state index contributed by atoms with van der Waals surface area (Å²) in [7, 11) is 0. The van der Waals surface area contributed by atoms with Crippen molar-refractivity contribution in [3.8, 4) is 0 Å². The van der Waals surface area contributed by atoms with E-state index in [0.29, 0.717) is 6.61 Å². The summed E-state index contributed by atoms with van der Waals surface area (Å²) >= 11 is 0. The lowest BCUT2D eigenvalue weighted by Crippen LogP contribution is -2.44. The first-order valence-corrected chi connectivity index (χ1v) is 5.09. The van der Waals surface area contributed by atoms with Gasteiger partial charge >= 0.3 is 0 Å². The van der Waals surface area contributed by atoms with Gasteiger partial charge in [-0.25, -0.2) is 0 Å². The van der Waals surface area contributed by atoms with Gasteiger partial charge in [0, 0.05) is 12.1 Å². The van der Waals surface area contributed by atoms with Crippen LogP contribution in [-0.2, 0) is 0 Å². The van der Waals surface area contributed by atoms with Crippen molar-refractivity contribution < 1.29 is 5.11 Å². The average Bonchev–Trinajstić information content (AvgIpc) is 2.57. The number of hydrogen-bond donors (Lipinski definition) is 1. The first-order valence-electron chi connectivity index (χ1n) is 5.09. The van der Waals surface area contributed by atoms with Gasteiger partial charge in [-0.05, 0) is 45.7 Å². The summed E-state index contributed by atoms with van der Waals surface area (Å²) in [6, 6.07) is 0. The monoisotopic (exact) mass is 171 g/mol. The molecule has 0 aromatic heterocycles. The van der Waals surface area contributed by atoms with Crippen molar-refractivity contribution in [1.82, 2.24) is 4.90 Å². The summed E-state index contributed by atoms with van der Waals surface area (Å²) in [4.78, 5) is 2.53. The van der Waals surface area contributed by atoms with Crippen LogP contribution in [0.25, 0.3) is 0 Å². The lowest BCUT2D eigenvalue weighted by molar-refractivity contribution is 0.0945. The third-order valence-electron chi connectivity index (χ3n) is 3.28. The van der Waals surface area contributed by atoms with Crippen LogP contribution in [0, 0.1) is 0 Å². The van der Waals surface area contributed by atoms with Crippen LogP contribution in [-0.4, -0.2) is 35.2 Å². The highest BCUT2D eigenvalue weighted by Crippen LogP contribution is 2.27. The van der Waals surface area contributed by atoms with E-state index in [2.05, 4.69) is 18.7 Å². The maximum Gasteiger partial charge on any atom is 0.0448 e. The zero-order valence-electron chi connectivity index (χ0n) is 8.34. The smallest absolute Gasteiger partial charge is 0.0448 e. The number of aliphatic hydroxyl groups excluding tert-OH is 1. The number of hydrogen-bond acceptors (Lipinski definition) is 2. The molecule has 0 saturated carbocycles. The lowest BCUT2D eigenvalue weighted by atomic mass is 9.93. The van der Waals surface area contributed by atoms with Crippen molar-refractivity contribution in [3.05, 3.63) is 0 Å². The number of rotatable bonds is 4. The molecule has 72 valence electrons. The van der Waals surface area contributed by atoms with Crippen LogP contribution < -0.4 is 0 Å². The highest BCUT2D eigenvalue weighted by Gasteiger charge is 2.30. The first kappa shape index (κ1) is 10.0. The third kappa shape index (κ3) is 1.99. The predicted octanol–water partition coefficient (Wildman–Crippen LogP) is 1.63. The largest absolute Gasteiger partial charge is 0.396 e.